The first kappa shape index (κ1) is 21.2. The Hall–Kier alpha value is -3.68. The van der Waals surface area contributed by atoms with Gasteiger partial charge in [0.25, 0.3) is 5.56 Å². The van der Waals surface area contributed by atoms with Crippen molar-refractivity contribution >= 4 is 22.8 Å². The van der Waals surface area contributed by atoms with E-state index >= 15 is 0 Å². The molecular weight excluding hydrogens is 421 g/mol. The smallest absolute Gasteiger partial charge is 0.312 e. The van der Waals surface area contributed by atoms with E-state index in [-0.39, 0.29) is 23.8 Å². The van der Waals surface area contributed by atoms with Crippen LogP contribution in [0.3, 0.4) is 0 Å². The Bertz CT molecular complexity index is 1480. The van der Waals surface area contributed by atoms with Crippen LogP contribution in [-0.2, 0) is 20.1 Å². The fraction of sp³-hybridized carbons (Fsp3) is 0.320. The zero-order valence-electron chi connectivity index (χ0n) is 19.2. The van der Waals surface area contributed by atoms with Gasteiger partial charge in [0.05, 0.1) is 6.54 Å². The van der Waals surface area contributed by atoms with Crippen LogP contribution in [-0.4, -0.2) is 25.2 Å². The SMILES string of the molecule is Cc1cc(C)cc(N2C[C@@H](C)Cn3c2nc2c3c(=O)n(Cc3ccc(F)cc3)c(=O)n2C)c1. The highest BCUT2D eigenvalue weighted by atomic mass is 19.1. The molecule has 170 valence electrons. The summed E-state index contributed by atoms with van der Waals surface area (Å²) in [7, 11) is 1.63. The number of benzene rings is 2. The molecule has 1 atom stereocenters. The molecule has 0 amide bonds. The minimum Gasteiger partial charge on any atom is -0.312 e. The Morgan fingerprint density at radius 3 is 2.36 bits per heavy atom. The van der Waals surface area contributed by atoms with E-state index in [1.807, 2.05) is 4.57 Å². The van der Waals surface area contributed by atoms with Gasteiger partial charge in [0.1, 0.15) is 5.82 Å². The summed E-state index contributed by atoms with van der Waals surface area (Å²) in [5.41, 5.74) is 3.96. The lowest BCUT2D eigenvalue weighted by Crippen LogP contribution is -2.40. The van der Waals surface area contributed by atoms with Crippen LogP contribution in [0.15, 0.2) is 52.1 Å². The van der Waals surface area contributed by atoms with Crippen molar-refractivity contribution in [2.75, 3.05) is 11.4 Å². The summed E-state index contributed by atoms with van der Waals surface area (Å²) in [6, 6.07) is 12.2. The van der Waals surface area contributed by atoms with Crippen LogP contribution < -0.4 is 16.1 Å². The molecule has 0 saturated carbocycles. The van der Waals surface area contributed by atoms with E-state index in [0.29, 0.717) is 29.2 Å². The number of aromatic nitrogens is 4. The minimum absolute atomic E-state index is 0.0680. The van der Waals surface area contributed by atoms with E-state index in [2.05, 4.69) is 43.9 Å². The van der Waals surface area contributed by atoms with Crippen LogP contribution in [0.2, 0.25) is 0 Å². The second kappa shape index (κ2) is 7.72. The largest absolute Gasteiger partial charge is 0.332 e. The van der Waals surface area contributed by atoms with E-state index in [1.54, 1.807) is 19.2 Å². The van der Waals surface area contributed by atoms with E-state index in [0.717, 1.165) is 23.4 Å². The molecule has 8 heteroatoms. The topological polar surface area (TPSA) is 65.1 Å². The van der Waals surface area contributed by atoms with Gasteiger partial charge in [-0.15, -0.1) is 0 Å². The molecule has 0 N–H and O–H groups in total. The second-order valence-corrected chi connectivity index (χ2v) is 9.12. The van der Waals surface area contributed by atoms with Gasteiger partial charge in [-0.2, -0.15) is 4.98 Å². The van der Waals surface area contributed by atoms with Gasteiger partial charge < -0.3 is 9.47 Å². The van der Waals surface area contributed by atoms with Crippen molar-refractivity contribution in [1.29, 1.82) is 0 Å². The molecule has 2 aromatic carbocycles. The summed E-state index contributed by atoms with van der Waals surface area (Å²) >= 11 is 0. The van der Waals surface area contributed by atoms with E-state index in [9.17, 15) is 14.0 Å². The van der Waals surface area contributed by atoms with E-state index < -0.39 is 5.69 Å². The summed E-state index contributed by atoms with van der Waals surface area (Å²) in [5, 5.41) is 0. The van der Waals surface area contributed by atoms with Crippen molar-refractivity contribution in [3.63, 3.8) is 0 Å². The molecule has 3 heterocycles. The first-order valence-electron chi connectivity index (χ1n) is 11.0. The Morgan fingerprint density at radius 2 is 1.70 bits per heavy atom. The maximum Gasteiger partial charge on any atom is 0.332 e. The Balaban J connectivity index is 1.72. The molecular formula is C25H26FN5O2. The summed E-state index contributed by atoms with van der Waals surface area (Å²) in [6.45, 7) is 7.73. The van der Waals surface area contributed by atoms with Crippen LogP contribution in [0.5, 0.6) is 0 Å². The number of imidazole rings is 1. The zero-order valence-corrected chi connectivity index (χ0v) is 19.2. The molecule has 0 aliphatic carbocycles. The molecule has 0 fully saturated rings. The van der Waals surface area contributed by atoms with Crippen molar-refractivity contribution in [3.8, 4) is 0 Å². The molecule has 0 bridgehead atoms. The van der Waals surface area contributed by atoms with Gasteiger partial charge in [0.2, 0.25) is 5.95 Å². The maximum absolute atomic E-state index is 13.6. The minimum atomic E-state index is -0.446. The van der Waals surface area contributed by atoms with Crippen LogP contribution in [0.25, 0.3) is 11.2 Å². The number of anilines is 2. The maximum atomic E-state index is 13.6. The number of hydrogen-bond donors (Lipinski definition) is 0. The van der Waals surface area contributed by atoms with Gasteiger partial charge in [-0.1, -0.05) is 25.1 Å². The fourth-order valence-electron chi connectivity index (χ4n) is 4.74. The van der Waals surface area contributed by atoms with E-state index in [4.69, 9.17) is 4.98 Å². The van der Waals surface area contributed by atoms with Gasteiger partial charge in [-0.25, -0.2) is 9.18 Å². The Morgan fingerprint density at radius 1 is 1.03 bits per heavy atom. The van der Waals surface area contributed by atoms with Crippen molar-refractivity contribution in [2.24, 2.45) is 13.0 Å². The normalized spacial score (nSPS) is 15.8. The van der Waals surface area contributed by atoms with Crippen molar-refractivity contribution in [1.82, 2.24) is 18.7 Å². The summed E-state index contributed by atoms with van der Waals surface area (Å²) in [5.74, 6) is 0.581. The molecule has 1 aliphatic heterocycles. The highest BCUT2D eigenvalue weighted by Gasteiger charge is 2.30. The highest BCUT2D eigenvalue weighted by molar-refractivity contribution is 5.77. The van der Waals surface area contributed by atoms with Crippen LogP contribution in [0, 0.1) is 25.6 Å². The number of rotatable bonds is 3. The standard InChI is InChI=1S/C25H26FN5O2/c1-15-9-16(2)11-20(10-15)29-12-17(3)13-30-21-22(27-24(29)30)28(4)25(33)31(23(21)32)14-18-5-7-19(26)8-6-18/h5-11,17H,12-14H2,1-4H3/t17-/m1/s1. The number of fused-ring (bicyclic) bond motifs is 3. The predicted octanol–water partition coefficient (Wildman–Crippen LogP) is 3.49. The monoisotopic (exact) mass is 447 g/mol. The molecule has 0 radical (unpaired) electrons. The van der Waals surface area contributed by atoms with Gasteiger partial charge in [0, 0.05) is 25.8 Å². The van der Waals surface area contributed by atoms with Crippen LogP contribution in [0.1, 0.15) is 23.6 Å². The first-order valence-corrected chi connectivity index (χ1v) is 11.0. The third-order valence-corrected chi connectivity index (χ3v) is 6.21. The summed E-state index contributed by atoms with van der Waals surface area (Å²) < 4.78 is 17.9. The lowest BCUT2D eigenvalue weighted by Gasteiger charge is -2.33. The van der Waals surface area contributed by atoms with Crippen molar-refractivity contribution in [2.45, 2.75) is 33.9 Å². The number of halogens is 1. The third-order valence-electron chi connectivity index (χ3n) is 6.21. The lowest BCUT2D eigenvalue weighted by molar-refractivity contribution is 0.458. The molecule has 0 saturated heterocycles. The second-order valence-electron chi connectivity index (χ2n) is 9.12. The third kappa shape index (κ3) is 3.55. The number of hydrogen-bond acceptors (Lipinski definition) is 4. The Kier molecular flexibility index (Phi) is 4.96. The quantitative estimate of drug-likeness (QED) is 0.482. The molecule has 5 rings (SSSR count). The average molecular weight is 448 g/mol. The van der Waals surface area contributed by atoms with Gasteiger partial charge in [-0.3, -0.25) is 13.9 Å². The van der Waals surface area contributed by atoms with E-state index in [1.165, 1.54) is 21.3 Å². The van der Waals surface area contributed by atoms with Gasteiger partial charge in [0.15, 0.2) is 11.2 Å². The molecule has 7 nitrogen and oxygen atoms in total. The Labute approximate surface area is 190 Å². The molecule has 0 spiro atoms. The molecule has 4 aromatic rings. The van der Waals surface area contributed by atoms with Gasteiger partial charge >= 0.3 is 5.69 Å². The van der Waals surface area contributed by atoms with Crippen molar-refractivity contribution < 1.29 is 4.39 Å². The first-order chi connectivity index (χ1) is 15.7. The van der Waals surface area contributed by atoms with Crippen LogP contribution >= 0.6 is 0 Å². The zero-order chi connectivity index (χ0) is 23.4. The summed E-state index contributed by atoms with van der Waals surface area (Å²) in [6.07, 6.45) is 0. The van der Waals surface area contributed by atoms with Crippen LogP contribution in [0.4, 0.5) is 16.0 Å². The fourth-order valence-corrected chi connectivity index (χ4v) is 4.74. The number of nitrogens with zero attached hydrogens (tertiary/aromatic N) is 5. The van der Waals surface area contributed by atoms with Crippen molar-refractivity contribution in [3.05, 3.63) is 85.8 Å². The molecule has 1 aliphatic rings. The molecule has 0 unspecified atom stereocenters. The highest BCUT2D eigenvalue weighted by Crippen LogP contribution is 2.33. The van der Waals surface area contributed by atoms with Gasteiger partial charge in [-0.05, 0) is 60.7 Å². The lowest BCUT2D eigenvalue weighted by atomic mass is 10.1. The molecule has 33 heavy (non-hydrogen) atoms. The molecule has 2 aromatic heterocycles. The predicted molar refractivity (Wildman–Crippen MR) is 127 cm³/mol. The summed E-state index contributed by atoms with van der Waals surface area (Å²) in [4.78, 5) is 33.5. The number of aryl methyl sites for hydroxylation is 3. The average Bonchev–Trinajstić information content (AvgIpc) is 3.15.